The van der Waals surface area contributed by atoms with Gasteiger partial charge in [-0.15, -0.1) is 0 Å². The first-order chi connectivity index (χ1) is 21.0. The van der Waals surface area contributed by atoms with Crippen molar-refractivity contribution in [1.82, 2.24) is 19.9 Å². The van der Waals surface area contributed by atoms with E-state index in [1.165, 1.54) is 24.8 Å². The molecule has 0 amide bonds. The van der Waals surface area contributed by atoms with Gasteiger partial charge in [-0.1, -0.05) is 26.2 Å². The minimum Gasteiger partial charge on any atom is -0.493 e. The molecule has 0 fully saturated rings. The molecule has 3 aromatic heterocycles. The van der Waals surface area contributed by atoms with E-state index >= 15 is 0 Å². The summed E-state index contributed by atoms with van der Waals surface area (Å²) in [7, 11) is 4.85. The highest BCUT2D eigenvalue weighted by Crippen LogP contribution is 2.43. The Bertz CT molecular complexity index is 1880. The summed E-state index contributed by atoms with van der Waals surface area (Å²) in [6.07, 6.45) is 14.0. The minimum atomic E-state index is 0.539. The number of nitrogens with one attached hydrogen (secondary N) is 2. The molecule has 7 nitrogen and oxygen atoms in total. The molecule has 1 aromatic carbocycles. The minimum absolute atomic E-state index is 0.539. The highest BCUT2D eigenvalue weighted by Gasteiger charge is 2.19. The molecular weight excluding hydrogens is 604 g/mol. The summed E-state index contributed by atoms with van der Waals surface area (Å²) < 4.78 is 17.8. The predicted molar refractivity (Wildman–Crippen MR) is 179 cm³/mol. The lowest BCUT2D eigenvalue weighted by Crippen LogP contribution is -1.96. The van der Waals surface area contributed by atoms with Crippen molar-refractivity contribution in [3.05, 3.63) is 75.3 Å². The molecule has 0 saturated carbocycles. The fourth-order valence-corrected chi connectivity index (χ4v) is 6.13. The molecule has 2 N–H and O–H groups in total. The van der Waals surface area contributed by atoms with Crippen LogP contribution in [0.5, 0.6) is 17.2 Å². The SMILES string of the molecule is CCCCCCc1c2nc(c(Br)c3nc(c(-c4cc(OC)c(OC)c(OC)c4)c4ccc(cc5ccc1[nH]5)[nH]4)C=C3)C=C2. The van der Waals surface area contributed by atoms with Crippen molar-refractivity contribution in [2.24, 2.45) is 0 Å². The lowest BCUT2D eigenvalue weighted by atomic mass is 10.0. The van der Waals surface area contributed by atoms with E-state index in [9.17, 15) is 0 Å². The third-order valence-corrected chi connectivity index (χ3v) is 8.66. The average Bonchev–Trinajstić information content (AvgIpc) is 3.85. The van der Waals surface area contributed by atoms with Gasteiger partial charge >= 0.3 is 0 Å². The van der Waals surface area contributed by atoms with Crippen molar-refractivity contribution in [3.63, 3.8) is 0 Å². The van der Waals surface area contributed by atoms with Crippen LogP contribution in [0, 0.1) is 0 Å². The summed E-state index contributed by atoms with van der Waals surface area (Å²) in [4.78, 5) is 17.4. The standard InChI is InChI=1S/C35H35BrN4O3/c1-5-6-7-8-9-24-25-12-10-22(37-25)20-23-11-13-27(38-23)33(21-18-31(41-2)35(43-4)32(19-21)42-3)28-15-17-30(40-28)34(36)29-16-14-26(24)39-29/h10-20,37-38H,5-9H2,1-4H3. The molecule has 0 radical (unpaired) electrons. The molecule has 6 rings (SSSR count). The van der Waals surface area contributed by atoms with Crippen molar-refractivity contribution in [3.8, 4) is 28.4 Å². The van der Waals surface area contributed by atoms with E-state index in [0.717, 1.165) is 73.3 Å². The molecule has 0 spiro atoms. The number of hydrogen-bond acceptors (Lipinski definition) is 5. The van der Waals surface area contributed by atoms with E-state index in [0.29, 0.717) is 17.2 Å². The lowest BCUT2D eigenvalue weighted by Gasteiger charge is -2.14. The zero-order chi connectivity index (χ0) is 29.9. The Morgan fingerprint density at radius 3 is 1.93 bits per heavy atom. The van der Waals surface area contributed by atoms with Crippen LogP contribution in [0.25, 0.3) is 57.5 Å². The van der Waals surface area contributed by atoms with E-state index in [4.69, 9.17) is 24.2 Å². The molecule has 220 valence electrons. The second-order valence-electron chi connectivity index (χ2n) is 10.6. The second kappa shape index (κ2) is 12.5. The van der Waals surface area contributed by atoms with Crippen LogP contribution < -0.4 is 14.2 Å². The number of benzene rings is 1. The monoisotopic (exact) mass is 638 g/mol. The van der Waals surface area contributed by atoms with Crippen LogP contribution in [-0.2, 0) is 6.42 Å². The Balaban J connectivity index is 1.64. The quantitative estimate of drug-likeness (QED) is 0.154. The Kier molecular flexibility index (Phi) is 8.38. The lowest BCUT2D eigenvalue weighted by molar-refractivity contribution is 0.324. The Hall–Kier alpha value is -4.30. The van der Waals surface area contributed by atoms with E-state index in [-0.39, 0.29) is 0 Å². The van der Waals surface area contributed by atoms with Crippen molar-refractivity contribution >= 4 is 62.3 Å². The summed E-state index contributed by atoms with van der Waals surface area (Å²) in [5.41, 5.74) is 10.5. The maximum Gasteiger partial charge on any atom is 0.203 e. The average molecular weight is 640 g/mol. The van der Waals surface area contributed by atoms with Gasteiger partial charge in [0, 0.05) is 33.2 Å². The number of unbranched alkanes of at least 4 members (excludes halogenated alkanes) is 3. The van der Waals surface area contributed by atoms with Crippen molar-refractivity contribution < 1.29 is 14.2 Å². The van der Waals surface area contributed by atoms with Crippen LogP contribution in [0.3, 0.4) is 0 Å². The molecule has 5 heterocycles. The van der Waals surface area contributed by atoms with Crippen LogP contribution in [0.15, 0.2) is 46.9 Å². The van der Waals surface area contributed by atoms with Crippen LogP contribution in [0.4, 0.5) is 0 Å². The maximum absolute atomic E-state index is 5.69. The Labute approximate surface area is 259 Å². The molecule has 0 atom stereocenters. The summed E-state index contributed by atoms with van der Waals surface area (Å²) in [6, 6.07) is 14.5. The second-order valence-corrected chi connectivity index (χ2v) is 11.4. The number of hydrogen-bond donors (Lipinski definition) is 2. The largest absolute Gasteiger partial charge is 0.493 e. The number of rotatable bonds is 9. The molecule has 2 aliphatic heterocycles. The van der Waals surface area contributed by atoms with Gasteiger partial charge in [0.1, 0.15) is 0 Å². The van der Waals surface area contributed by atoms with Gasteiger partial charge in [0.15, 0.2) is 11.5 Å². The fourth-order valence-electron chi connectivity index (χ4n) is 5.69. The topological polar surface area (TPSA) is 85.1 Å². The molecule has 8 heteroatoms. The third-order valence-electron chi connectivity index (χ3n) is 7.85. The normalized spacial score (nSPS) is 12.1. The number of nitrogens with zero attached hydrogens (tertiary/aromatic N) is 2. The zero-order valence-electron chi connectivity index (χ0n) is 24.9. The van der Waals surface area contributed by atoms with Crippen molar-refractivity contribution in [1.29, 1.82) is 0 Å². The highest BCUT2D eigenvalue weighted by atomic mass is 79.9. The summed E-state index contributed by atoms with van der Waals surface area (Å²) in [6.45, 7) is 2.24. The number of halogens is 1. The van der Waals surface area contributed by atoms with Gasteiger partial charge < -0.3 is 24.2 Å². The van der Waals surface area contributed by atoms with Gasteiger partial charge in [0.05, 0.1) is 48.6 Å². The third kappa shape index (κ3) is 5.71. The van der Waals surface area contributed by atoms with Gasteiger partial charge in [-0.25, -0.2) is 9.97 Å². The first kappa shape index (κ1) is 28.8. The Morgan fingerprint density at radius 1 is 0.674 bits per heavy atom. The van der Waals surface area contributed by atoms with Crippen LogP contribution >= 0.6 is 15.9 Å². The fraction of sp³-hybridized carbons (Fsp3) is 0.257. The number of fused-ring (bicyclic) bond motifs is 8. The van der Waals surface area contributed by atoms with E-state index in [1.807, 2.05) is 24.3 Å². The van der Waals surface area contributed by atoms with Crippen LogP contribution in [0.2, 0.25) is 0 Å². The van der Waals surface area contributed by atoms with E-state index in [1.54, 1.807) is 21.3 Å². The van der Waals surface area contributed by atoms with Crippen molar-refractivity contribution in [2.75, 3.05) is 21.3 Å². The molecule has 2 aliphatic rings. The first-order valence-electron chi connectivity index (χ1n) is 14.6. The number of aromatic amines is 2. The van der Waals surface area contributed by atoms with Gasteiger partial charge in [0.25, 0.3) is 0 Å². The maximum atomic E-state index is 5.69. The molecule has 0 unspecified atom stereocenters. The summed E-state index contributed by atoms with van der Waals surface area (Å²) in [5.74, 6) is 1.68. The van der Waals surface area contributed by atoms with Crippen LogP contribution in [0.1, 0.15) is 60.9 Å². The van der Waals surface area contributed by atoms with E-state index in [2.05, 4.69) is 75.3 Å². The van der Waals surface area contributed by atoms with Gasteiger partial charge in [-0.2, -0.15) is 0 Å². The first-order valence-corrected chi connectivity index (χ1v) is 15.4. The molecule has 8 bridgehead atoms. The molecule has 43 heavy (non-hydrogen) atoms. The smallest absolute Gasteiger partial charge is 0.203 e. The van der Waals surface area contributed by atoms with Crippen LogP contribution in [-0.4, -0.2) is 41.3 Å². The predicted octanol–water partition coefficient (Wildman–Crippen LogP) is 9.23. The van der Waals surface area contributed by atoms with Crippen molar-refractivity contribution in [2.45, 2.75) is 39.0 Å². The molecular formula is C35H35BrN4O3. The molecule has 0 saturated heterocycles. The molecule has 4 aromatic rings. The number of aryl methyl sites for hydroxylation is 1. The zero-order valence-corrected chi connectivity index (χ0v) is 26.5. The van der Waals surface area contributed by atoms with E-state index < -0.39 is 0 Å². The van der Waals surface area contributed by atoms with Gasteiger partial charge in [-0.3, -0.25) is 0 Å². The number of aromatic nitrogens is 4. The molecule has 0 aliphatic carbocycles. The number of methoxy groups -OCH3 is 3. The number of H-pyrrole nitrogens is 2. The summed E-state index contributed by atoms with van der Waals surface area (Å²) >= 11 is 3.83. The Morgan fingerprint density at radius 2 is 1.28 bits per heavy atom. The highest BCUT2D eigenvalue weighted by molar-refractivity contribution is 9.10. The van der Waals surface area contributed by atoms with Gasteiger partial charge in [-0.05, 0) is 101 Å². The van der Waals surface area contributed by atoms with Gasteiger partial charge in [0.2, 0.25) is 5.75 Å². The number of ether oxygens (including phenoxy) is 3. The summed E-state index contributed by atoms with van der Waals surface area (Å²) in [5, 5.41) is 0.